The Kier molecular flexibility index (Phi) is 5.76. The molecule has 0 saturated heterocycles. The second-order valence-corrected chi connectivity index (χ2v) is 7.41. The minimum absolute atomic E-state index is 0.0798. The first-order valence-electron chi connectivity index (χ1n) is 9.95. The molecule has 0 atom stereocenters. The fourth-order valence-electron chi connectivity index (χ4n) is 2.93. The van der Waals surface area contributed by atoms with E-state index >= 15 is 0 Å². The summed E-state index contributed by atoms with van der Waals surface area (Å²) in [6.07, 6.45) is 6.63. The highest BCUT2D eigenvalue weighted by atomic mass is 16.5. The Morgan fingerprint density at radius 2 is 1.48 bits per heavy atom. The average molecular weight is 384 g/mol. The summed E-state index contributed by atoms with van der Waals surface area (Å²) in [5.74, 6) is 3.22. The lowest BCUT2D eigenvalue weighted by atomic mass is 10.1. The van der Waals surface area contributed by atoms with Crippen LogP contribution in [0.3, 0.4) is 0 Å². The lowest BCUT2D eigenvalue weighted by molar-refractivity contribution is 0.101. The van der Waals surface area contributed by atoms with Gasteiger partial charge in [0.1, 0.15) is 17.2 Å². The van der Waals surface area contributed by atoms with Crippen LogP contribution in [-0.2, 0) is 0 Å². The van der Waals surface area contributed by atoms with Crippen molar-refractivity contribution in [1.29, 1.82) is 0 Å². The molecule has 1 saturated carbocycles. The van der Waals surface area contributed by atoms with Crippen molar-refractivity contribution >= 4 is 17.9 Å². The molecule has 0 aliphatic heterocycles. The quantitative estimate of drug-likeness (QED) is 0.322. The molecule has 0 spiro atoms. The van der Waals surface area contributed by atoms with Gasteiger partial charge in [0.25, 0.3) is 0 Å². The van der Waals surface area contributed by atoms with E-state index in [-0.39, 0.29) is 5.78 Å². The summed E-state index contributed by atoms with van der Waals surface area (Å²) in [7, 11) is 0. The Morgan fingerprint density at radius 1 is 0.862 bits per heavy atom. The maximum absolute atomic E-state index is 11.3. The van der Waals surface area contributed by atoms with E-state index < -0.39 is 0 Å². The Labute approximate surface area is 171 Å². The van der Waals surface area contributed by atoms with Gasteiger partial charge in [-0.3, -0.25) is 4.79 Å². The molecule has 3 aromatic rings. The molecule has 3 heteroatoms. The molecule has 3 aromatic carbocycles. The van der Waals surface area contributed by atoms with Crippen LogP contribution in [0.4, 0.5) is 0 Å². The van der Waals surface area contributed by atoms with Gasteiger partial charge in [0.2, 0.25) is 0 Å². The molecule has 1 aliphatic carbocycles. The summed E-state index contributed by atoms with van der Waals surface area (Å²) >= 11 is 0. The Morgan fingerprint density at radius 3 is 2.10 bits per heavy atom. The van der Waals surface area contributed by atoms with E-state index in [0.717, 1.165) is 46.5 Å². The Bertz CT molecular complexity index is 997. The van der Waals surface area contributed by atoms with E-state index in [2.05, 4.69) is 0 Å². The van der Waals surface area contributed by atoms with Crippen LogP contribution in [0.15, 0.2) is 72.8 Å². The Balaban J connectivity index is 1.36. The molecule has 0 heterocycles. The summed E-state index contributed by atoms with van der Waals surface area (Å²) in [4.78, 5) is 11.3. The van der Waals surface area contributed by atoms with Gasteiger partial charge < -0.3 is 9.47 Å². The second kappa shape index (κ2) is 8.78. The first-order valence-corrected chi connectivity index (χ1v) is 9.95. The van der Waals surface area contributed by atoms with Gasteiger partial charge in [0, 0.05) is 11.6 Å². The standard InChI is InChI=1S/C26H24O3/c1-19(27)23-13-9-20(10-14-23)5-6-21-11-15-24(16-12-21)29-26-4-2-3-25(17-26)28-18-22-7-8-22/h2-6,9-17,22H,7-8,18H2,1H3/b6-5+. The summed E-state index contributed by atoms with van der Waals surface area (Å²) in [6, 6.07) is 23.3. The van der Waals surface area contributed by atoms with E-state index in [1.54, 1.807) is 6.92 Å². The van der Waals surface area contributed by atoms with Crippen molar-refractivity contribution in [2.45, 2.75) is 19.8 Å². The summed E-state index contributed by atoms with van der Waals surface area (Å²) in [5, 5.41) is 0. The van der Waals surface area contributed by atoms with Gasteiger partial charge in [-0.05, 0) is 61.1 Å². The van der Waals surface area contributed by atoms with Crippen molar-refractivity contribution in [3.05, 3.63) is 89.5 Å². The number of ketones is 1. The van der Waals surface area contributed by atoms with Crippen LogP contribution in [0.25, 0.3) is 12.2 Å². The molecule has 146 valence electrons. The fourth-order valence-corrected chi connectivity index (χ4v) is 2.93. The number of carbonyl (C=O) groups is 1. The number of ether oxygens (including phenoxy) is 2. The highest BCUT2D eigenvalue weighted by Crippen LogP contribution is 2.31. The molecule has 0 aromatic heterocycles. The molecule has 0 radical (unpaired) electrons. The summed E-state index contributed by atoms with van der Waals surface area (Å²) < 4.78 is 11.8. The summed E-state index contributed by atoms with van der Waals surface area (Å²) in [6.45, 7) is 2.37. The third-order valence-electron chi connectivity index (χ3n) is 4.89. The van der Waals surface area contributed by atoms with Gasteiger partial charge in [-0.1, -0.05) is 54.6 Å². The van der Waals surface area contributed by atoms with Crippen LogP contribution in [0.5, 0.6) is 17.2 Å². The first kappa shape index (κ1) is 19.0. The highest BCUT2D eigenvalue weighted by molar-refractivity contribution is 5.94. The van der Waals surface area contributed by atoms with Gasteiger partial charge >= 0.3 is 0 Å². The second-order valence-electron chi connectivity index (χ2n) is 7.41. The number of hydrogen-bond donors (Lipinski definition) is 0. The molecule has 0 N–H and O–H groups in total. The third kappa shape index (κ3) is 5.58. The number of hydrogen-bond acceptors (Lipinski definition) is 3. The minimum Gasteiger partial charge on any atom is -0.493 e. The van der Waals surface area contributed by atoms with E-state index in [4.69, 9.17) is 9.47 Å². The largest absolute Gasteiger partial charge is 0.493 e. The van der Waals surface area contributed by atoms with Crippen molar-refractivity contribution in [3.63, 3.8) is 0 Å². The monoisotopic (exact) mass is 384 g/mol. The number of carbonyl (C=O) groups excluding carboxylic acids is 1. The third-order valence-corrected chi connectivity index (χ3v) is 4.89. The summed E-state index contributed by atoms with van der Waals surface area (Å²) in [5.41, 5.74) is 2.86. The fraction of sp³-hybridized carbons (Fsp3) is 0.192. The highest BCUT2D eigenvalue weighted by Gasteiger charge is 2.21. The Hall–Kier alpha value is -3.33. The van der Waals surface area contributed by atoms with Crippen molar-refractivity contribution in [3.8, 4) is 17.2 Å². The molecule has 1 fully saturated rings. The number of rotatable bonds is 8. The van der Waals surface area contributed by atoms with Gasteiger partial charge in [-0.15, -0.1) is 0 Å². The van der Waals surface area contributed by atoms with E-state index in [9.17, 15) is 4.79 Å². The average Bonchev–Trinajstić information content (AvgIpc) is 3.57. The van der Waals surface area contributed by atoms with Crippen LogP contribution in [0, 0.1) is 5.92 Å². The molecule has 1 aliphatic rings. The van der Waals surface area contributed by atoms with E-state index in [1.165, 1.54) is 12.8 Å². The lowest BCUT2D eigenvalue weighted by Gasteiger charge is -2.09. The van der Waals surface area contributed by atoms with Crippen molar-refractivity contribution in [2.24, 2.45) is 5.92 Å². The molecule has 4 rings (SSSR count). The van der Waals surface area contributed by atoms with E-state index in [1.807, 2.05) is 84.9 Å². The van der Waals surface area contributed by atoms with Crippen LogP contribution < -0.4 is 9.47 Å². The SMILES string of the molecule is CC(=O)c1ccc(/C=C/c2ccc(Oc3cccc(OCC4CC4)c3)cc2)cc1. The zero-order chi connectivity index (χ0) is 20.1. The van der Waals surface area contributed by atoms with Crippen LogP contribution >= 0.6 is 0 Å². The topological polar surface area (TPSA) is 35.5 Å². The van der Waals surface area contributed by atoms with Crippen molar-refractivity contribution in [1.82, 2.24) is 0 Å². The molecule has 0 amide bonds. The van der Waals surface area contributed by atoms with Crippen molar-refractivity contribution in [2.75, 3.05) is 6.61 Å². The van der Waals surface area contributed by atoms with Crippen LogP contribution in [-0.4, -0.2) is 12.4 Å². The molecule has 29 heavy (non-hydrogen) atoms. The first-order chi connectivity index (χ1) is 14.2. The predicted octanol–water partition coefficient (Wildman–Crippen LogP) is 6.64. The zero-order valence-electron chi connectivity index (χ0n) is 16.5. The molecular weight excluding hydrogens is 360 g/mol. The van der Waals surface area contributed by atoms with Crippen LogP contribution in [0.1, 0.15) is 41.3 Å². The molecule has 0 bridgehead atoms. The van der Waals surface area contributed by atoms with Gasteiger partial charge in [-0.25, -0.2) is 0 Å². The van der Waals surface area contributed by atoms with Crippen LogP contribution in [0.2, 0.25) is 0 Å². The maximum atomic E-state index is 11.3. The number of benzene rings is 3. The molecule has 3 nitrogen and oxygen atoms in total. The smallest absolute Gasteiger partial charge is 0.159 e. The van der Waals surface area contributed by atoms with E-state index in [0.29, 0.717) is 0 Å². The zero-order valence-corrected chi connectivity index (χ0v) is 16.5. The van der Waals surface area contributed by atoms with Gasteiger partial charge in [0.05, 0.1) is 6.61 Å². The predicted molar refractivity (Wildman–Crippen MR) is 117 cm³/mol. The normalized spacial score (nSPS) is 13.4. The lowest BCUT2D eigenvalue weighted by Crippen LogP contribution is -1.98. The van der Waals surface area contributed by atoms with Crippen molar-refractivity contribution < 1.29 is 14.3 Å². The molecule has 0 unspecified atom stereocenters. The van der Waals surface area contributed by atoms with Gasteiger partial charge in [-0.2, -0.15) is 0 Å². The maximum Gasteiger partial charge on any atom is 0.159 e. The van der Waals surface area contributed by atoms with Gasteiger partial charge in [0.15, 0.2) is 5.78 Å². The minimum atomic E-state index is 0.0798. The molecular formula is C26H24O3. The number of Topliss-reactive ketones (excluding diaryl/α,β-unsaturated/α-hetero) is 1.